The number of thiocarbonyl (C=S) groups is 1. The average Bonchev–Trinajstić information content (AvgIpc) is 3.37. The van der Waals surface area contributed by atoms with Crippen LogP contribution in [-0.2, 0) is 9.53 Å². The van der Waals surface area contributed by atoms with Crippen LogP contribution in [0.3, 0.4) is 0 Å². The Labute approximate surface area is 198 Å². The zero-order valence-corrected chi connectivity index (χ0v) is 19.3. The zero-order chi connectivity index (χ0) is 22.8. The second kappa shape index (κ2) is 9.20. The SMILES string of the molecule is COC(=O)c1cc(-c2ccc(/C=C3/SC(=S)N(c4ccccc4OC)C3=O)o2)ccc1Cl. The van der Waals surface area contributed by atoms with Crippen molar-refractivity contribution in [2.75, 3.05) is 19.1 Å². The van der Waals surface area contributed by atoms with E-state index in [9.17, 15) is 9.59 Å². The van der Waals surface area contributed by atoms with Crippen LogP contribution >= 0.6 is 35.6 Å². The topological polar surface area (TPSA) is 69.0 Å². The van der Waals surface area contributed by atoms with Crippen LogP contribution in [0.15, 0.2) is 63.9 Å². The van der Waals surface area contributed by atoms with Gasteiger partial charge in [0.2, 0.25) is 0 Å². The molecule has 4 rings (SSSR count). The molecule has 0 atom stereocenters. The number of carbonyl (C=O) groups excluding carboxylic acids is 2. The summed E-state index contributed by atoms with van der Waals surface area (Å²) in [6, 6.07) is 15.6. The highest BCUT2D eigenvalue weighted by atomic mass is 35.5. The van der Waals surface area contributed by atoms with Crippen molar-refractivity contribution in [2.45, 2.75) is 0 Å². The van der Waals surface area contributed by atoms with Crippen LogP contribution < -0.4 is 9.64 Å². The second-order valence-corrected chi connectivity index (χ2v) is 8.66. The van der Waals surface area contributed by atoms with Gasteiger partial charge in [-0.3, -0.25) is 9.69 Å². The van der Waals surface area contributed by atoms with Crippen molar-refractivity contribution < 1.29 is 23.5 Å². The van der Waals surface area contributed by atoms with Crippen molar-refractivity contribution in [2.24, 2.45) is 0 Å². The van der Waals surface area contributed by atoms with Crippen LogP contribution in [0.2, 0.25) is 5.02 Å². The van der Waals surface area contributed by atoms with Crippen molar-refractivity contribution in [3.63, 3.8) is 0 Å². The van der Waals surface area contributed by atoms with Gasteiger partial charge in [0.15, 0.2) is 4.32 Å². The molecule has 3 aromatic rings. The molecular formula is C23H16ClNO5S2. The highest BCUT2D eigenvalue weighted by Gasteiger charge is 2.35. The number of amides is 1. The maximum atomic E-state index is 13.0. The smallest absolute Gasteiger partial charge is 0.339 e. The molecule has 1 fully saturated rings. The van der Waals surface area contributed by atoms with Crippen LogP contribution in [0.4, 0.5) is 5.69 Å². The highest BCUT2D eigenvalue weighted by molar-refractivity contribution is 8.27. The predicted octanol–water partition coefficient (Wildman–Crippen LogP) is 5.80. The van der Waals surface area contributed by atoms with E-state index < -0.39 is 5.97 Å². The molecule has 0 spiro atoms. The third-order valence-electron chi connectivity index (χ3n) is 4.68. The molecular weight excluding hydrogens is 470 g/mol. The molecule has 9 heteroatoms. The molecule has 1 saturated heterocycles. The molecule has 2 aromatic carbocycles. The van der Waals surface area contributed by atoms with E-state index in [0.29, 0.717) is 37.7 Å². The number of ether oxygens (including phenoxy) is 2. The lowest BCUT2D eigenvalue weighted by atomic mass is 10.1. The van der Waals surface area contributed by atoms with E-state index in [4.69, 9.17) is 37.7 Å². The first-order valence-electron chi connectivity index (χ1n) is 9.32. The van der Waals surface area contributed by atoms with Gasteiger partial charge in [-0.2, -0.15) is 0 Å². The lowest BCUT2D eigenvalue weighted by Gasteiger charge is -2.17. The molecule has 1 aliphatic heterocycles. The number of benzene rings is 2. The number of furan rings is 1. The first-order chi connectivity index (χ1) is 15.4. The molecule has 0 saturated carbocycles. The predicted molar refractivity (Wildman–Crippen MR) is 129 cm³/mol. The van der Waals surface area contributed by atoms with E-state index in [1.165, 1.54) is 23.8 Å². The highest BCUT2D eigenvalue weighted by Crippen LogP contribution is 2.40. The zero-order valence-electron chi connectivity index (χ0n) is 17.0. The average molecular weight is 486 g/mol. The Morgan fingerprint density at radius 3 is 2.69 bits per heavy atom. The van der Waals surface area contributed by atoms with Gasteiger partial charge in [-0.05, 0) is 42.5 Å². The fourth-order valence-corrected chi connectivity index (χ4v) is 4.61. The summed E-state index contributed by atoms with van der Waals surface area (Å²) in [5.41, 5.74) is 1.47. The molecule has 0 bridgehead atoms. The number of para-hydroxylation sites is 2. The number of methoxy groups -OCH3 is 2. The number of hydrogen-bond acceptors (Lipinski definition) is 7. The lowest BCUT2D eigenvalue weighted by Crippen LogP contribution is -2.27. The number of hydrogen-bond donors (Lipinski definition) is 0. The number of thioether (sulfide) groups is 1. The van der Waals surface area contributed by atoms with Crippen LogP contribution in [0.25, 0.3) is 17.4 Å². The fourth-order valence-electron chi connectivity index (χ4n) is 3.15. The van der Waals surface area contributed by atoms with Crippen LogP contribution in [0.5, 0.6) is 5.75 Å². The second-order valence-electron chi connectivity index (χ2n) is 6.58. The summed E-state index contributed by atoms with van der Waals surface area (Å²) < 4.78 is 16.4. The van der Waals surface area contributed by atoms with Crippen molar-refractivity contribution in [3.05, 3.63) is 75.8 Å². The number of esters is 1. The van der Waals surface area contributed by atoms with Gasteiger partial charge in [0.05, 0.1) is 35.4 Å². The van der Waals surface area contributed by atoms with Gasteiger partial charge in [0.25, 0.3) is 5.91 Å². The molecule has 32 heavy (non-hydrogen) atoms. The third-order valence-corrected chi connectivity index (χ3v) is 6.31. The van der Waals surface area contributed by atoms with Gasteiger partial charge in [0, 0.05) is 11.6 Å². The van der Waals surface area contributed by atoms with Gasteiger partial charge in [-0.15, -0.1) is 0 Å². The normalized spacial score (nSPS) is 14.8. The van der Waals surface area contributed by atoms with E-state index in [-0.39, 0.29) is 16.5 Å². The monoisotopic (exact) mass is 485 g/mol. The maximum Gasteiger partial charge on any atom is 0.339 e. The van der Waals surface area contributed by atoms with Crippen LogP contribution in [-0.4, -0.2) is 30.4 Å². The van der Waals surface area contributed by atoms with E-state index in [0.717, 1.165) is 0 Å². The molecule has 0 aliphatic carbocycles. The minimum Gasteiger partial charge on any atom is -0.495 e. The summed E-state index contributed by atoms with van der Waals surface area (Å²) in [5, 5.41) is 0.285. The minimum atomic E-state index is -0.538. The van der Waals surface area contributed by atoms with E-state index in [1.807, 2.05) is 12.1 Å². The van der Waals surface area contributed by atoms with Crippen molar-refractivity contribution in [1.29, 1.82) is 0 Å². The van der Waals surface area contributed by atoms with E-state index in [1.54, 1.807) is 55.7 Å². The first-order valence-corrected chi connectivity index (χ1v) is 10.9. The van der Waals surface area contributed by atoms with Gasteiger partial charge in [-0.1, -0.05) is 47.7 Å². The van der Waals surface area contributed by atoms with Gasteiger partial charge < -0.3 is 13.9 Å². The van der Waals surface area contributed by atoms with E-state index in [2.05, 4.69) is 0 Å². The third kappa shape index (κ3) is 4.17. The van der Waals surface area contributed by atoms with Gasteiger partial charge in [-0.25, -0.2) is 4.79 Å². The quantitative estimate of drug-likeness (QED) is 0.257. The molecule has 0 radical (unpaired) electrons. The van der Waals surface area contributed by atoms with Crippen LogP contribution in [0, 0.1) is 0 Å². The molecule has 1 aliphatic rings. The summed E-state index contributed by atoms with van der Waals surface area (Å²) in [6.45, 7) is 0. The summed E-state index contributed by atoms with van der Waals surface area (Å²) in [4.78, 5) is 26.8. The lowest BCUT2D eigenvalue weighted by molar-refractivity contribution is -0.113. The summed E-state index contributed by atoms with van der Waals surface area (Å²) in [7, 11) is 2.83. The molecule has 0 N–H and O–H groups in total. The Morgan fingerprint density at radius 1 is 1.16 bits per heavy atom. The minimum absolute atomic E-state index is 0.238. The Balaban J connectivity index is 1.62. The standard InChI is InChI=1S/C23H16ClNO5S2/c1-28-19-6-4-3-5-17(19)25-21(26)20(32-23(25)31)12-14-8-10-18(30-14)13-7-9-16(24)15(11-13)22(27)29-2/h3-12H,1-2H3/b20-12+. The number of nitrogens with zero attached hydrogens (tertiary/aromatic N) is 1. The maximum absolute atomic E-state index is 13.0. The Hall–Kier alpha value is -3.07. The van der Waals surface area contributed by atoms with Crippen LogP contribution in [0.1, 0.15) is 16.1 Å². The number of halogens is 1. The van der Waals surface area contributed by atoms with E-state index >= 15 is 0 Å². The van der Waals surface area contributed by atoms with Crippen molar-refractivity contribution in [3.8, 4) is 17.1 Å². The van der Waals surface area contributed by atoms with Crippen molar-refractivity contribution >= 4 is 63.5 Å². The molecule has 2 heterocycles. The number of rotatable bonds is 5. The summed E-state index contributed by atoms with van der Waals surface area (Å²) in [5.74, 6) is 0.730. The Kier molecular flexibility index (Phi) is 6.36. The summed E-state index contributed by atoms with van der Waals surface area (Å²) in [6.07, 6.45) is 1.63. The number of anilines is 1. The first kappa shape index (κ1) is 22.1. The van der Waals surface area contributed by atoms with Gasteiger partial charge >= 0.3 is 5.97 Å². The summed E-state index contributed by atoms with van der Waals surface area (Å²) >= 11 is 12.7. The Morgan fingerprint density at radius 2 is 1.94 bits per heavy atom. The molecule has 0 unspecified atom stereocenters. The fraction of sp³-hybridized carbons (Fsp3) is 0.0870. The Bertz CT molecular complexity index is 1270. The van der Waals surface area contributed by atoms with Gasteiger partial charge in [0.1, 0.15) is 17.3 Å². The molecule has 162 valence electrons. The van der Waals surface area contributed by atoms with Crippen molar-refractivity contribution in [1.82, 2.24) is 0 Å². The molecule has 1 aromatic heterocycles. The molecule has 1 amide bonds. The largest absolute Gasteiger partial charge is 0.495 e. The molecule has 6 nitrogen and oxygen atoms in total. The number of carbonyl (C=O) groups is 2.